The third-order valence-electron chi connectivity index (χ3n) is 4.56. The van der Waals surface area contributed by atoms with Gasteiger partial charge in [0.05, 0.1) is 12.2 Å². The molecule has 2 amide bonds. The molecule has 144 valence electrons. The van der Waals surface area contributed by atoms with Gasteiger partial charge in [0, 0.05) is 18.3 Å². The highest BCUT2D eigenvalue weighted by atomic mass is 16.2. The maximum absolute atomic E-state index is 12.6. The first kappa shape index (κ1) is 19.4. The molecule has 0 aliphatic carbocycles. The van der Waals surface area contributed by atoms with Crippen molar-refractivity contribution >= 4 is 17.5 Å². The average Bonchev–Trinajstić information content (AvgIpc) is 3.18. The summed E-state index contributed by atoms with van der Waals surface area (Å²) >= 11 is 0. The van der Waals surface area contributed by atoms with Crippen molar-refractivity contribution in [2.24, 2.45) is 0 Å². The molecule has 0 saturated carbocycles. The topological polar surface area (TPSA) is 78.1 Å². The fourth-order valence-electron chi connectivity index (χ4n) is 2.94. The van der Waals surface area contributed by atoms with Gasteiger partial charge in [0.25, 0.3) is 5.91 Å². The molecule has 28 heavy (non-hydrogen) atoms. The summed E-state index contributed by atoms with van der Waals surface area (Å²) in [6, 6.07) is 17.3. The second kappa shape index (κ2) is 8.52. The van der Waals surface area contributed by atoms with Gasteiger partial charge in [0.15, 0.2) is 0 Å². The van der Waals surface area contributed by atoms with Crippen molar-refractivity contribution in [3.8, 4) is 11.3 Å². The van der Waals surface area contributed by atoms with Gasteiger partial charge in [-0.1, -0.05) is 55.0 Å². The van der Waals surface area contributed by atoms with Crippen LogP contribution in [-0.2, 0) is 11.2 Å². The van der Waals surface area contributed by atoms with Crippen LogP contribution in [0.5, 0.6) is 0 Å². The number of aryl methyl sites for hydroxylation is 2. The second-order valence-electron chi connectivity index (χ2n) is 6.75. The molecule has 6 nitrogen and oxygen atoms in total. The lowest BCUT2D eigenvalue weighted by molar-refractivity contribution is -0.116. The normalized spacial score (nSPS) is 10.5. The van der Waals surface area contributed by atoms with E-state index >= 15 is 0 Å². The molecule has 6 heteroatoms. The number of amides is 2. The minimum Gasteiger partial charge on any atom is -0.331 e. The van der Waals surface area contributed by atoms with Gasteiger partial charge in [-0.3, -0.25) is 14.7 Å². The van der Waals surface area contributed by atoms with Crippen LogP contribution >= 0.6 is 0 Å². The van der Waals surface area contributed by atoms with Gasteiger partial charge in [0.2, 0.25) is 5.91 Å². The van der Waals surface area contributed by atoms with Crippen molar-refractivity contribution < 1.29 is 9.59 Å². The molecule has 0 bridgehead atoms. The average molecular weight is 376 g/mol. The van der Waals surface area contributed by atoms with E-state index in [0.717, 1.165) is 28.8 Å². The first-order valence-electron chi connectivity index (χ1n) is 9.23. The van der Waals surface area contributed by atoms with Gasteiger partial charge < -0.3 is 10.2 Å². The molecule has 0 atom stereocenters. The Labute approximate surface area is 164 Å². The molecule has 0 aliphatic rings. The van der Waals surface area contributed by atoms with Crippen molar-refractivity contribution in [3.05, 3.63) is 71.4 Å². The molecule has 3 rings (SSSR count). The lowest BCUT2D eigenvalue weighted by atomic mass is 10.1. The highest BCUT2D eigenvalue weighted by molar-refractivity contribution is 5.99. The van der Waals surface area contributed by atoms with Gasteiger partial charge >= 0.3 is 0 Å². The molecular weight excluding hydrogens is 352 g/mol. The number of para-hydroxylation sites is 1. The van der Waals surface area contributed by atoms with Crippen LogP contribution in [0.2, 0.25) is 0 Å². The van der Waals surface area contributed by atoms with E-state index in [1.54, 1.807) is 13.1 Å². The summed E-state index contributed by atoms with van der Waals surface area (Å²) in [6.07, 6.45) is 0.821. The van der Waals surface area contributed by atoms with Crippen molar-refractivity contribution in [1.29, 1.82) is 0 Å². The molecule has 0 spiro atoms. The van der Waals surface area contributed by atoms with E-state index in [4.69, 9.17) is 0 Å². The first-order chi connectivity index (χ1) is 13.5. The van der Waals surface area contributed by atoms with Crippen LogP contribution in [0.1, 0.15) is 28.5 Å². The molecule has 2 N–H and O–H groups in total. The lowest BCUT2D eigenvalue weighted by Gasteiger charge is -2.16. The fourth-order valence-corrected chi connectivity index (χ4v) is 2.94. The van der Waals surface area contributed by atoms with E-state index in [2.05, 4.69) is 15.5 Å². The summed E-state index contributed by atoms with van der Waals surface area (Å²) < 4.78 is 0. The fraction of sp³-hybridized carbons (Fsp3) is 0.227. The SMILES string of the molecule is CCc1ccccc1NC(=O)CN(C)C(=O)c1cc(-c2ccc(C)cc2)n[nH]1. The molecule has 0 fully saturated rings. The highest BCUT2D eigenvalue weighted by Crippen LogP contribution is 2.19. The van der Waals surface area contributed by atoms with Gasteiger partial charge in [0.1, 0.15) is 5.69 Å². The van der Waals surface area contributed by atoms with Crippen molar-refractivity contribution in [1.82, 2.24) is 15.1 Å². The number of likely N-dealkylation sites (N-methyl/N-ethyl adjacent to an activating group) is 1. The largest absolute Gasteiger partial charge is 0.331 e. The third kappa shape index (κ3) is 4.46. The number of benzene rings is 2. The van der Waals surface area contributed by atoms with Crippen LogP contribution in [0.15, 0.2) is 54.6 Å². The van der Waals surface area contributed by atoms with Crippen molar-refractivity contribution in [3.63, 3.8) is 0 Å². The Morgan fingerprint density at radius 1 is 1.11 bits per heavy atom. The van der Waals surface area contributed by atoms with Crippen LogP contribution in [0, 0.1) is 6.92 Å². The maximum Gasteiger partial charge on any atom is 0.272 e. The van der Waals surface area contributed by atoms with Crippen LogP contribution < -0.4 is 5.32 Å². The Morgan fingerprint density at radius 3 is 2.54 bits per heavy atom. The summed E-state index contributed by atoms with van der Waals surface area (Å²) in [5.41, 5.74) is 4.96. The van der Waals surface area contributed by atoms with E-state index < -0.39 is 0 Å². The quantitative estimate of drug-likeness (QED) is 0.689. The van der Waals surface area contributed by atoms with Gasteiger partial charge in [-0.2, -0.15) is 5.10 Å². The number of aromatic amines is 1. The van der Waals surface area contributed by atoms with E-state index in [1.807, 2.05) is 62.4 Å². The Bertz CT molecular complexity index is 976. The minimum absolute atomic E-state index is 0.0459. The summed E-state index contributed by atoms with van der Waals surface area (Å²) in [5.74, 6) is -0.528. The molecule has 1 aromatic heterocycles. The van der Waals surface area contributed by atoms with Crippen molar-refractivity contribution in [2.75, 3.05) is 18.9 Å². The summed E-state index contributed by atoms with van der Waals surface area (Å²) in [6.45, 7) is 4.00. The molecule has 0 saturated heterocycles. The Morgan fingerprint density at radius 2 is 1.82 bits per heavy atom. The number of hydrogen-bond acceptors (Lipinski definition) is 3. The molecule has 0 unspecified atom stereocenters. The Kier molecular flexibility index (Phi) is 5.89. The smallest absolute Gasteiger partial charge is 0.272 e. The Hall–Kier alpha value is -3.41. The molecule has 0 aliphatic heterocycles. The number of anilines is 1. The first-order valence-corrected chi connectivity index (χ1v) is 9.23. The lowest BCUT2D eigenvalue weighted by Crippen LogP contribution is -2.35. The predicted molar refractivity (Wildman–Crippen MR) is 110 cm³/mol. The van der Waals surface area contributed by atoms with Crippen LogP contribution in [-0.4, -0.2) is 40.5 Å². The molecule has 1 heterocycles. The van der Waals surface area contributed by atoms with E-state index in [9.17, 15) is 9.59 Å². The monoisotopic (exact) mass is 376 g/mol. The Balaban J connectivity index is 1.64. The zero-order valence-corrected chi connectivity index (χ0v) is 16.3. The number of aromatic nitrogens is 2. The second-order valence-corrected chi connectivity index (χ2v) is 6.75. The minimum atomic E-state index is -0.287. The molecule has 0 radical (unpaired) electrons. The number of rotatable bonds is 6. The maximum atomic E-state index is 12.6. The molecule has 2 aromatic carbocycles. The molecular formula is C22H24N4O2. The number of nitrogens with one attached hydrogen (secondary N) is 2. The summed E-state index contributed by atoms with van der Waals surface area (Å²) in [7, 11) is 1.60. The number of carbonyl (C=O) groups excluding carboxylic acids is 2. The van der Waals surface area contributed by atoms with Crippen LogP contribution in [0.25, 0.3) is 11.3 Å². The van der Waals surface area contributed by atoms with E-state index in [0.29, 0.717) is 11.4 Å². The number of hydrogen-bond donors (Lipinski definition) is 2. The zero-order valence-electron chi connectivity index (χ0n) is 16.3. The third-order valence-corrected chi connectivity index (χ3v) is 4.56. The number of nitrogens with zero attached hydrogens (tertiary/aromatic N) is 2. The van der Waals surface area contributed by atoms with Crippen molar-refractivity contribution in [2.45, 2.75) is 20.3 Å². The van der Waals surface area contributed by atoms with Crippen LogP contribution in [0.4, 0.5) is 5.69 Å². The number of H-pyrrole nitrogens is 1. The van der Waals surface area contributed by atoms with Crippen LogP contribution in [0.3, 0.4) is 0 Å². The predicted octanol–water partition coefficient (Wildman–Crippen LogP) is 3.66. The zero-order chi connectivity index (χ0) is 20.1. The summed E-state index contributed by atoms with van der Waals surface area (Å²) in [5, 5.41) is 9.86. The van der Waals surface area contributed by atoms with E-state index in [1.165, 1.54) is 4.90 Å². The standard InChI is InChI=1S/C22H24N4O2/c1-4-16-7-5-6-8-18(16)23-21(27)14-26(3)22(28)20-13-19(24-25-20)17-11-9-15(2)10-12-17/h5-13H,4,14H2,1-3H3,(H,23,27)(H,24,25). The highest BCUT2D eigenvalue weighted by Gasteiger charge is 2.18. The van der Waals surface area contributed by atoms with Gasteiger partial charge in [-0.25, -0.2) is 0 Å². The van der Waals surface area contributed by atoms with Gasteiger partial charge in [-0.05, 0) is 31.0 Å². The summed E-state index contributed by atoms with van der Waals surface area (Å²) in [4.78, 5) is 26.4. The van der Waals surface area contributed by atoms with Gasteiger partial charge in [-0.15, -0.1) is 0 Å². The molecule has 3 aromatic rings. The van der Waals surface area contributed by atoms with E-state index in [-0.39, 0.29) is 18.4 Å². The number of carbonyl (C=O) groups is 2.